The Balaban J connectivity index is 1.32. The Bertz CT molecular complexity index is 1020. The van der Waals surface area contributed by atoms with E-state index in [1.807, 2.05) is 18.2 Å². The maximum absolute atomic E-state index is 12.6. The third-order valence-electron chi connectivity index (χ3n) is 6.67. The van der Waals surface area contributed by atoms with E-state index in [4.69, 9.17) is 16.3 Å². The summed E-state index contributed by atoms with van der Waals surface area (Å²) in [6, 6.07) is 5.52. The molecule has 5 rings (SSSR count). The van der Waals surface area contributed by atoms with Gasteiger partial charge in [0.25, 0.3) is 5.91 Å². The van der Waals surface area contributed by atoms with Gasteiger partial charge in [-0.15, -0.1) is 0 Å². The van der Waals surface area contributed by atoms with Crippen LogP contribution in [0.3, 0.4) is 0 Å². The largest absolute Gasteiger partial charge is 0.380 e. The third-order valence-corrected chi connectivity index (χ3v) is 6.90. The van der Waals surface area contributed by atoms with Crippen LogP contribution in [0.15, 0.2) is 18.2 Å². The summed E-state index contributed by atoms with van der Waals surface area (Å²) in [6.45, 7) is 10.3. The highest BCUT2D eigenvalue weighted by atomic mass is 35.5. The van der Waals surface area contributed by atoms with E-state index in [2.05, 4.69) is 27.0 Å². The molecule has 0 atom stereocenters. The van der Waals surface area contributed by atoms with Crippen molar-refractivity contribution in [3.63, 3.8) is 0 Å². The second-order valence-electron chi connectivity index (χ2n) is 8.66. The topological polar surface area (TPSA) is 60.6 Å². The van der Waals surface area contributed by atoms with Crippen LogP contribution < -0.4 is 5.32 Å². The summed E-state index contributed by atoms with van der Waals surface area (Å²) in [4.78, 5) is 21.2. The number of fused-ring (bicyclic) bond motifs is 2. The molecule has 164 valence electrons. The molecular formula is C24H29ClN4O2. The molecule has 31 heavy (non-hydrogen) atoms. The smallest absolute Gasteiger partial charge is 0.256 e. The quantitative estimate of drug-likeness (QED) is 0.714. The summed E-state index contributed by atoms with van der Waals surface area (Å²) in [5.41, 5.74) is 7.29. The molecule has 0 aliphatic carbocycles. The number of nitrogens with one attached hydrogen (secondary N) is 2. The minimum atomic E-state index is -0.0766. The summed E-state index contributed by atoms with van der Waals surface area (Å²) in [6.07, 6.45) is 4.12. The van der Waals surface area contributed by atoms with Gasteiger partial charge in [0.15, 0.2) is 0 Å². The van der Waals surface area contributed by atoms with Crippen molar-refractivity contribution in [2.45, 2.75) is 26.3 Å². The summed E-state index contributed by atoms with van der Waals surface area (Å²) < 4.78 is 5.57. The number of hydrogen-bond acceptors (Lipinski definition) is 4. The number of anilines is 1. The van der Waals surface area contributed by atoms with Gasteiger partial charge < -0.3 is 15.0 Å². The number of nitrogens with zero attached hydrogens (tertiary/aromatic N) is 2. The number of rotatable bonds is 4. The van der Waals surface area contributed by atoms with Crippen molar-refractivity contribution in [2.75, 3.05) is 51.3 Å². The number of amides is 1. The fraction of sp³-hybridized carbons (Fsp3) is 0.458. The van der Waals surface area contributed by atoms with Crippen molar-refractivity contribution >= 4 is 34.8 Å². The van der Waals surface area contributed by atoms with E-state index in [1.165, 1.54) is 16.8 Å². The fourth-order valence-corrected chi connectivity index (χ4v) is 4.98. The molecule has 6 nitrogen and oxygen atoms in total. The number of aromatic amines is 1. The Morgan fingerprint density at radius 3 is 2.94 bits per heavy atom. The SMILES string of the molecule is Cc1c(/C=C2\C(=O)Nc3ccc(Cl)cc32)[nH]c2c1CN(CCN1CCCOCC1)CC2. The molecule has 0 spiro atoms. The predicted octanol–water partition coefficient (Wildman–Crippen LogP) is 3.55. The van der Waals surface area contributed by atoms with Crippen molar-refractivity contribution in [3.8, 4) is 0 Å². The van der Waals surface area contributed by atoms with Crippen LogP contribution in [0.1, 0.15) is 34.5 Å². The summed E-state index contributed by atoms with van der Waals surface area (Å²) >= 11 is 6.17. The van der Waals surface area contributed by atoms with Crippen LogP contribution in [-0.2, 0) is 22.5 Å². The minimum absolute atomic E-state index is 0.0766. The molecule has 7 heteroatoms. The number of H-pyrrole nitrogens is 1. The van der Waals surface area contributed by atoms with E-state index in [0.717, 1.165) is 82.3 Å². The first-order chi connectivity index (χ1) is 15.1. The molecule has 3 aliphatic heterocycles. The van der Waals surface area contributed by atoms with Gasteiger partial charge in [0.05, 0.1) is 12.2 Å². The highest BCUT2D eigenvalue weighted by Crippen LogP contribution is 2.36. The van der Waals surface area contributed by atoms with Crippen LogP contribution in [0.4, 0.5) is 5.69 Å². The van der Waals surface area contributed by atoms with Gasteiger partial charge in [0.1, 0.15) is 0 Å². The number of carbonyl (C=O) groups excluding carboxylic acids is 1. The molecule has 2 aromatic rings. The lowest BCUT2D eigenvalue weighted by atomic mass is 10.0. The monoisotopic (exact) mass is 440 g/mol. The van der Waals surface area contributed by atoms with Crippen molar-refractivity contribution in [1.29, 1.82) is 0 Å². The van der Waals surface area contributed by atoms with Gasteiger partial charge in [0, 0.05) is 80.0 Å². The summed E-state index contributed by atoms with van der Waals surface area (Å²) in [5.74, 6) is -0.0766. The van der Waals surface area contributed by atoms with E-state index >= 15 is 0 Å². The molecule has 4 heterocycles. The van der Waals surface area contributed by atoms with E-state index in [1.54, 1.807) is 6.07 Å². The highest BCUT2D eigenvalue weighted by molar-refractivity contribution is 6.36. The van der Waals surface area contributed by atoms with E-state index in [9.17, 15) is 4.79 Å². The number of halogens is 1. The average Bonchev–Trinajstić information content (AvgIpc) is 3.09. The Hall–Kier alpha value is -2.12. The van der Waals surface area contributed by atoms with Crippen LogP contribution in [0.5, 0.6) is 0 Å². The zero-order valence-corrected chi connectivity index (χ0v) is 18.7. The van der Waals surface area contributed by atoms with E-state index in [0.29, 0.717) is 10.6 Å². The number of ether oxygens (including phenoxy) is 1. The standard InChI is InChI=1S/C24H29ClN4O2/c1-16-20-15-29(9-8-28-6-2-11-31-12-10-28)7-5-22(20)26-23(16)14-19-18-13-17(25)3-4-21(18)27-24(19)30/h3-4,13-14,26H,2,5-12,15H2,1H3,(H,27,30)/b19-14-. The lowest BCUT2D eigenvalue weighted by Crippen LogP contribution is -2.38. The zero-order chi connectivity index (χ0) is 21.4. The van der Waals surface area contributed by atoms with Gasteiger partial charge in [0.2, 0.25) is 0 Å². The van der Waals surface area contributed by atoms with E-state index < -0.39 is 0 Å². The average molecular weight is 441 g/mol. The number of hydrogen-bond donors (Lipinski definition) is 2. The molecule has 0 unspecified atom stereocenters. The van der Waals surface area contributed by atoms with Crippen molar-refractivity contribution in [3.05, 3.63) is 51.3 Å². The predicted molar refractivity (Wildman–Crippen MR) is 124 cm³/mol. The molecule has 1 aromatic heterocycles. The minimum Gasteiger partial charge on any atom is -0.380 e. The van der Waals surface area contributed by atoms with Gasteiger partial charge in [-0.3, -0.25) is 14.6 Å². The lowest BCUT2D eigenvalue weighted by molar-refractivity contribution is -0.110. The fourth-order valence-electron chi connectivity index (χ4n) is 4.81. The Morgan fingerprint density at radius 1 is 1.16 bits per heavy atom. The van der Waals surface area contributed by atoms with Gasteiger partial charge >= 0.3 is 0 Å². The Kier molecular flexibility index (Phi) is 5.89. The van der Waals surface area contributed by atoms with Crippen molar-refractivity contribution in [2.24, 2.45) is 0 Å². The number of benzene rings is 1. The molecule has 1 fully saturated rings. The van der Waals surface area contributed by atoms with Crippen LogP contribution in [-0.4, -0.2) is 66.6 Å². The van der Waals surface area contributed by atoms with Crippen LogP contribution >= 0.6 is 11.6 Å². The highest BCUT2D eigenvalue weighted by Gasteiger charge is 2.26. The lowest BCUT2D eigenvalue weighted by Gasteiger charge is -2.30. The van der Waals surface area contributed by atoms with Gasteiger partial charge in [-0.25, -0.2) is 0 Å². The van der Waals surface area contributed by atoms with Crippen LogP contribution in [0.25, 0.3) is 11.6 Å². The molecule has 1 saturated heterocycles. The molecule has 1 aromatic carbocycles. The van der Waals surface area contributed by atoms with Crippen LogP contribution in [0.2, 0.25) is 5.02 Å². The van der Waals surface area contributed by atoms with Gasteiger partial charge in [-0.1, -0.05) is 11.6 Å². The second-order valence-corrected chi connectivity index (χ2v) is 9.09. The molecule has 1 amide bonds. The van der Waals surface area contributed by atoms with Crippen LogP contribution in [0, 0.1) is 6.92 Å². The normalized spacial score (nSPS) is 21.1. The molecule has 2 N–H and O–H groups in total. The molecular weight excluding hydrogens is 412 g/mol. The first-order valence-corrected chi connectivity index (χ1v) is 11.5. The third kappa shape index (κ3) is 4.30. The van der Waals surface area contributed by atoms with Crippen molar-refractivity contribution in [1.82, 2.24) is 14.8 Å². The van der Waals surface area contributed by atoms with Gasteiger partial charge in [-0.05, 0) is 48.7 Å². The van der Waals surface area contributed by atoms with Gasteiger partial charge in [-0.2, -0.15) is 0 Å². The number of carbonyl (C=O) groups is 1. The first-order valence-electron chi connectivity index (χ1n) is 11.1. The maximum atomic E-state index is 12.6. The molecule has 0 bridgehead atoms. The molecule has 0 radical (unpaired) electrons. The molecule has 0 saturated carbocycles. The Morgan fingerprint density at radius 2 is 2.03 bits per heavy atom. The summed E-state index contributed by atoms with van der Waals surface area (Å²) in [5, 5.41) is 3.57. The Labute approximate surface area is 188 Å². The zero-order valence-electron chi connectivity index (χ0n) is 18.0. The first kappa shape index (κ1) is 20.8. The van der Waals surface area contributed by atoms with E-state index in [-0.39, 0.29) is 5.91 Å². The number of aromatic nitrogens is 1. The van der Waals surface area contributed by atoms with Crippen molar-refractivity contribution < 1.29 is 9.53 Å². The maximum Gasteiger partial charge on any atom is 0.256 e. The molecule has 3 aliphatic rings. The second kappa shape index (κ2) is 8.79. The summed E-state index contributed by atoms with van der Waals surface area (Å²) in [7, 11) is 0.